The van der Waals surface area contributed by atoms with E-state index in [-0.39, 0.29) is 5.54 Å². The van der Waals surface area contributed by atoms with Crippen LogP contribution in [-0.4, -0.2) is 13.3 Å². The molecule has 0 bridgehead atoms. The minimum atomic E-state index is 0.151. The molecule has 0 saturated carbocycles. The first-order valence-corrected chi connectivity index (χ1v) is 8.96. The zero-order chi connectivity index (χ0) is 19.5. The summed E-state index contributed by atoms with van der Waals surface area (Å²) < 4.78 is 0. The maximum atomic E-state index is 6.08. The first-order chi connectivity index (χ1) is 12.0. The van der Waals surface area contributed by atoms with Crippen molar-refractivity contribution < 1.29 is 0 Å². The van der Waals surface area contributed by atoms with Gasteiger partial charge in [0.05, 0.1) is 5.54 Å². The Kier molecular flexibility index (Phi) is 10.5. The van der Waals surface area contributed by atoms with E-state index in [0.717, 1.165) is 6.42 Å². The van der Waals surface area contributed by atoms with Gasteiger partial charge in [0.1, 0.15) is 0 Å². The lowest BCUT2D eigenvalue weighted by molar-refractivity contribution is 0.563. The monoisotopic (exact) mass is 341 g/mol. The standard InChI is InChI=1S/C17H19N.C2H5N.C2H6.CH5N/c1-12-4-6-13(7-5-12)10-14-8-9-15-16(11-14)18-17(15,2)3;1-2-3;2*1-2/h4-9,11,18H,10H2,1-3H3;2-3H,1H3;1-2H3;2H2,1H3. The molecule has 0 aliphatic carbocycles. The van der Waals surface area contributed by atoms with Crippen molar-refractivity contribution in [2.45, 2.75) is 53.5 Å². The number of aryl methyl sites for hydroxylation is 1. The van der Waals surface area contributed by atoms with E-state index < -0.39 is 0 Å². The second-order valence-electron chi connectivity index (χ2n) is 6.08. The summed E-state index contributed by atoms with van der Waals surface area (Å²) in [6.45, 7) is 12.2. The molecule has 0 atom stereocenters. The summed E-state index contributed by atoms with van der Waals surface area (Å²) in [5.74, 6) is 0. The van der Waals surface area contributed by atoms with Crippen LogP contribution < -0.4 is 11.1 Å². The van der Waals surface area contributed by atoms with Gasteiger partial charge in [0.15, 0.2) is 0 Å². The highest BCUT2D eigenvalue weighted by molar-refractivity contribution is 5.67. The van der Waals surface area contributed by atoms with Gasteiger partial charge in [0, 0.05) is 5.69 Å². The minimum absolute atomic E-state index is 0.151. The molecule has 4 N–H and O–H groups in total. The lowest BCUT2D eigenvalue weighted by atomic mass is 9.83. The molecule has 0 radical (unpaired) electrons. The Bertz CT molecular complexity index is 628. The third kappa shape index (κ3) is 6.71. The zero-order valence-electron chi connectivity index (χ0n) is 16.9. The Hall–Kier alpha value is -2.13. The molecule has 1 aliphatic rings. The van der Waals surface area contributed by atoms with Gasteiger partial charge in [0.2, 0.25) is 0 Å². The largest absolute Gasteiger partial charge is 0.376 e. The second-order valence-corrected chi connectivity index (χ2v) is 6.08. The van der Waals surface area contributed by atoms with Gasteiger partial charge in [-0.3, -0.25) is 0 Å². The van der Waals surface area contributed by atoms with E-state index in [2.05, 4.69) is 74.3 Å². The topological polar surface area (TPSA) is 61.9 Å². The van der Waals surface area contributed by atoms with Crippen LogP contribution in [0.3, 0.4) is 0 Å². The molecule has 3 heteroatoms. The Morgan fingerprint density at radius 3 is 1.92 bits per heavy atom. The molecule has 0 fully saturated rings. The van der Waals surface area contributed by atoms with Gasteiger partial charge in [-0.25, -0.2) is 0 Å². The summed E-state index contributed by atoms with van der Waals surface area (Å²) in [5, 5.41) is 9.58. The highest BCUT2D eigenvalue weighted by atomic mass is 15.0. The van der Waals surface area contributed by atoms with Crippen molar-refractivity contribution in [1.82, 2.24) is 0 Å². The Balaban J connectivity index is 0.000000728. The van der Waals surface area contributed by atoms with Crippen molar-refractivity contribution in [3.63, 3.8) is 0 Å². The molecule has 25 heavy (non-hydrogen) atoms. The Morgan fingerprint density at radius 1 is 1.00 bits per heavy atom. The van der Waals surface area contributed by atoms with Gasteiger partial charge in [0.25, 0.3) is 0 Å². The fourth-order valence-electron chi connectivity index (χ4n) is 2.63. The van der Waals surface area contributed by atoms with Crippen LogP contribution in [-0.2, 0) is 12.0 Å². The number of nitrogens with one attached hydrogen (secondary N) is 2. The maximum Gasteiger partial charge on any atom is 0.0589 e. The van der Waals surface area contributed by atoms with E-state index >= 15 is 0 Å². The molecule has 1 heterocycles. The molecule has 0 unspecified atom stereocenters. The third-order valence-electron chi connectivity index (χ3n) is 3.73. The third-order valence-corrected chi connectivity index (χ3v) is 3.73. The van der Waals surface area contributed by atoms with Crippen molar-refractivity contribution >= 4 is 11.9 Å². The molecule has 0 saturated heterocycles. The Morgan fingerprint density at radius 2 is 1.48 bits per heavy atom. The summed E-state index contributed by atoms with van der Waals surface area (Å²) in [4.78, 5) is 0. The SMILES string of the molecule is CC.CC=N.CN.Cc1ccc(Cc2ccc3c(c2)NC3(C)C)cc1. The second kappa shape index (κ2) is 11.4. The number of nitrogens with two attached hydrogens (primary N) is 1. The molecule has 0 amide bonds. The van der Waals surface area contributed by atoms with E-state index in [1.807, 2.05) is 13.8 Å². The molecular weight excluding hydrogens is 306 g/mol. The van der Waals surface area contributed by atoms with Crippen LogP contribution in [0.5, 0.6) is 0 Å². The number of hydrogen-bond acceptors (Lipinski definition) is 3. The van der Waals surface area contributed by atoms with Gasteiger partial charge in [-0.2, -0.15) is 0 Å². The predicted octanol–water partition coefficient (Wildman–Crippen LogP) is 5.50. The van der Waals surface area contributed by atoms with Crippen molar-refractivity contribution in [3.8, 4) is 0 Å². The zero-order valence-corrected chi connectivity index (χ0v) is 16.9. The van der Waals surface area contributed by atoms with Gasteiger partial charge in [-0.05, 0) is 70.1 Å². The molecule has 0 aromatic heterocycles. The minimum Gasteiger partial charge on any atom is -0.376 e. The van der Waals surface area contributed by atoms with Gasteiger partial charge < -0.3 is 16.5 Å². The smallest absolute Gasteiger partial charge is 0.0589 e. The van der Waals surface area contributed by atoms with Crippen LogP contribution in [0, 0.1) is 12.3 Å². The first-order valence-electron chi connectivity index (χ1n) is 8.96. The summed E-state index contributed by atoms with van der Waals surface area (Å²) in [5.41, 5.74) is 11.4. The Labute approximate surface area is 154 Å². The molecule has 3 nitrogen and oxygen atoms in total. The van der Waals surface area contributed by atoms with Crippen LogP contribution in [0.2, 0.25) is 0 Å². The van der Waals surface area contributed by atoms with Crippen molar-refractivity contribution in [2.24, 2.45) is 5.73 Å². The van der Waals surface area contributed by atoms with Crippen LogP contribution in [0.15, 0.2) is 42.5 Å². The summed E-state index contributed by atoms with van der Waals surface area (Å²) >= 11 is 0. The average molecular weight is 342 g/mol. The van der Waals surface area contributed by atoms with E-state index in [9.17, 15) is 0 Å². The van der Waals surface area contributed by atoms with Crippen molar-refractivity contribution in [1.29, 1.82) is 5.41 Å². The molecule has 2 aromatic rings. The molecular formula is C22H35N3. The summed E-state index contributed by atoms with van der Waals surface area (Å²) in [7, 11) is 1.50. The molecule has 2 aromatic carbocycles. The lowest BCUT2D eigenvalue weighted by Gasteiger charge is -2.40. The molecule has 0 spiro atoms. The number of hydrogen-bond donors (Lipinski definition) is 3. The van der Waals surface area contributed by atoms with Crippen molar-refractivity contribution in [3.05, 3.63) is 64.7 Å². The number of benzene rings is 2. The fraction of sp³-hybridized carbons (Fsp3) is 0.409. The maximum absolute atomic E-state index is 6.08. The van der Waals surface area contributed by atoms with Crippen LogP contribution in [0.4, 0.5) is 5.69 Å². The number of anilines is 1. The highest BCUT2D eigenvalue weighted by Gasteiger charge is 2.32. The van der Waals surface area contributed by atoms with Gasteiger partial charge >= 0.3 is 0 Å². The van der Waals surface area contributed by atoms with E-state index in [4.69, 9.17) is 5.41 Å². The van der Waals surface area contributed by atoms with Crippen LogP contribution in [0.25, 0.3) is 0 Å². The summed E-state index contributed by atoms with van der Waals surface area (Å²) in [6.07, 6.45) is 2.26. The molecule has 1 aliphatic heterocycles. The normalized spacial score (nSPS) is 12.2. The molecule has 138 valence electrons. The van der Waals surface area contributed by atoms with Gasteiger partial charge in [-0.1, -0.05) is 55.8 Å². The fourth-order valence-corrected chi connectivity index (χ4v) is 2.63. The van der Waals surface area contributed by atoms with Crippen LogP contribution in [0.1, 0.15) is 56.9 Å². The summed E-state index contributed by atoms with van der Waals surface area (Å²) in [6, 6.07) is 15.6. The predicted molar refractivity (Wildman–Crippen MR) is 113 cm³/mol. The van der Waals surface area contributed by atoms with E-state index in [0.29, 0.717) is 0 Å². The number of fused-ring (bicyclic) bond motifs is 1. The van der Waals surface area contributed by atoms with Crippen LogP contribution >= 0.6 is 0 Å². The number of rotatable bonds is 2. The quantitative estimate of drug-likeness (QED) is 0.631. The van der Waals surface area contributed by atoms with E-state index in [1.165, 1.54) is 41.2 Å². The molecule has 3 rings (SSSR count). The average Bonchev–Trinajstić information content (AvgIpc) is 2.60. The van der Waals surface area contributed by atoms with E-state index in [1.54, 1.807) is 6.92 Å². The first kappa shape index (κ1) is 22.9. The van der Waals surface area contributed by atoms with Gasteiger partial charge in [-0.15, -0.1) is 0 Å². The van der Waals surface area contributed by atoms with Crippen molar-refractivity contribution in [2.75, 3.05) is 12.4 Å². The highest BCUT2D eigenvalue weighted by Crippen LogP contribution is 2.41. The lowest BCUT2D eigenvalue weighted by Crippen LogP contribution is -2.38.